The van der Waals surface area contributed by atoms with Crippen molar-refractivity contribution < 1.29 is 9.53 Å². The third-order valence-corrected chi connectivity index (χ3v) is 3.54. The van der Waals surface area contributed by atoms with E-state index in [9.17, 15) is 4.79 Å². The van der Waals surface area contributed by atoms with Crippen molar-refractivity contribution in [3.8, 4) is 0 Å². The molecular weight excluding hydrogens is 152 g/mol. The van der Waals surface area contributed by atoms with Gasteiger partial charge in [0.25, 0.3) is 0 Å². The van der Waals surface area contributed by atoms with Gasteiger partial charge in [0.2, 0.25) is 0 Å². The van der Waals surface area contributed by atoms with Crippen LogP contribution in [0.1, 0.15) is 39.5 Å². The summed E-state index contributed by atoms with van der Waals surface area (Å²) >= 11 is 0. The Kier molecular flexibility index (Phi) is 1.67. The van der Waals surface area contributed by atoms with E-state index >= 15 is 0 Å². The fourth-order valence-corrected chi connectivity index (χ4v) is 2.65. The zero-order valence-corrected chi connectivity index (χ0v) is 7.80. The van der Waals surface area contributed by atoms with Crippen LogP contribution in [-0.2, 0) is 9.53 Å². The standard InChI is InChI=1S/C10H16O2/c1-7-6-8-4-3-5-10(8,2)9(11)12-7/h7-8H,3-6H2,1-2H3. The van der Waals surface area contributed by atoms with Crippen molar-refractivity contribution in [1.82, 2.24) is 0 Å². The molecule has 1 aliphatic carbocycles. The SMILES string of the molecule is CC1CC2CCCC2(C)C(=O)O1. The van der Waals surface area contributed by atoms with E-state index in [1.807, 2.05) is 6.92 Å². The Morgan fingerprint density at radius 1 is 1.58 bits per heavy atom. The van der Waals surface area contributed by atoms with E-state index in [0.29, 0.717) is 5.92 Å². The maximum atomic E-state index is 11.6. The molecule has 1 heterocycles. The number of carbonyl (C=O) groups is 1. The highest BCUT2D eigenvalue weighted by molar-refractivity contribution is 5.78. The summed E-state index contributed by atoms with van der Waals surface area (Å²) in [5.41, 5.74) is -0.132. The fourth-order valence-electron chi connectivity index (χ4n) is 2.65. The van der Waals surface area contributed by atoms with Gasteiger partial charge in [-0.15, -0.1) is 0 Å². The molecule has 12 heavy (non-hydrogen) atoms. The highest BCUT2D eigenvalue weighted by atomic mass is 16.5. The lowest BCUT2D eigenvalue weighted by Crippen LogP contribution is -2.41. The Morgan fingerprint density at radius 2 is 2.33 bits per heavy atom. The highest BCUT2D eigenvalue weighted by Crippen LogP contribution is 2.49. The summed E-state index contributed by atoms with van der Waals surface area (Å²) < 4.78 is 5.26. The Hall–Kier alpha value is -0.530. The van der Waals surface area contributed by atoms with Crippen LogP contribution in [0.4, 0.5) is 0 Å². The number of cyclic esters (lactones) is 1. The van der Waals surface area contributed by atoms with Gasteiger partial charge in [-0.05, 0) is 39.0 Å². The zero-order valence-electron chi connectivity index (χ0n) is 7.80. The Morgan fingerprint density at radius 3 is 3.08 bits per heavy atom. The van der Waals surface area contributed by atoms with Gasteiger partial charge in [-0.25, -0.2) is 0 Å². The van der Waals surface area contributed by atoms with Crippen molar-refractivity contribution in [3.05, 3.63) is 0 Å². The normalized spacial score (nSPS) is 47.0. The van der Waals surface area contributed by atoms with Gasteiger partial charge in [0.1, 0.15) is 0 Å². The maximum absolute atomic E-state index is 11.6. The first-order valence-corrected chi connectivity index (χ1v) is 4.84. The first kappa shape index (κ1) is 8.09. The largest absolute Gasteiger partial charge is 0.462 e. The van der Waals surface area contributed by atoms with Gasteiger partial charge < -0.3 is 4.74 Å². The molecule has 0 aromatic heterocycles. The first-order chi connectivity index (χ1) is 5.63. The van der Waals surface area contributed by atoms with Gasteiger partial charge in [0, 0.05) is 0 Å². The van der Waals surface area contributed by atoms with Crippen LogP contribution in [0.2, 0.25) is 0 Å². The van der Waals surface area contributed by atoms with Crippen LogP contribution in [0.25, 0.3) is 0 Å². The lowest BCUT2D eigenvalue weighted by Gasteiger charge is -2.37. The molecule has 1 saturated heterocycles. The molecular formula is C10H16O2. The number of ether oxygens (including phenoxy) is 1. The first-order valence-electron chi connectivity index (χ1n) is 4.84. The summed E-state index contributed by atoms with van der Waals surface area (Å²) in [6, 6.07) is 0. The summed E-state index contributed by atoms with van der Waals surface area (Å²) in [5.74, 6) is 0.637. The van der Waals surface area contributed by atoms with Crippen LogP contribution >= 0.6 is 0 Å². The molecule has 0 aromatic carbocycles. The molecule has 0 N–H and O–H groups in total. The van der Waals surface area contributed by atoms with Crippen molar-refractivity contribution in [1.29, 1.82) is 0 Å². The van der Waals surface area contributed by atoms with Gasteiger partial charge in [-0.1, -0.05) is 6.42 Å². The number of hydrogen-bond donors (Lipinski definition) is 0. The van der Waals surface area contributed by atoms with Crippen LogP contribution in [0.15, 0.2) is 0 Å². The molecule has 68 valence electrons. The van der Waals surface area contributed by atoms with Crippen LogP contribution in [-0.4, -0.2) is 12.1 Å². The Labute approximate surface area is 73.3 Å². The van der Waals surface area contributed by atoms with E-state index in [0.717, 1.165) is 12.8 Å². The fraction of sp³-hybridized carbons (Fsp3) is 0.900. The van der Waals surface area contributed by atoms with E-state index < -0.39 is 0 Å². The molecule has 0 spiro atoms. The quantitative estimate of drug-likeness (QED) is 0.518. The summed E-state index contributed by atoms with van der Waals surface area (Å²) in [5, 5.41) is 0. The van der Waals surface area contributed by atoms with Crippen LogP contribution < -0.4 is 0 Å². The minimum atomic E-state index is -0.132. The number of rotatable bonds is 0. The highest BCUT2D eigenvalue weighted by Gasteiger charge is 2.49. The molecule has 3 atom stereocenters. The molecule has 0 radical (unpaired) electrons. The molecule has 2 heteroatoms. The lowest BCUT2D eigenvalue weighted by molar-refractivity contribution is -0.171. The van der Waals surface area contributed by atoms with E-state index in [-0.39, 0.29) is 17.5 Å². The van der Waals surface area contributed by atoms with Gasteiger partial charge in [0.05, 0.1) is 11.5 Å². The van der Waals surface area contributed by atoms with E-state index in [1.165, 1.54) is 12.8 Å². The number of carbonyl (C=O) groups excluding carboxylic acids is 1. The molecule has 0 bridgehead atoms. The minimum Gasteiger partial charge on any atom is -0.462 e. The third-order valence-electron chi connectivity index (χ3n) is 3.54. The smallest absolute Gasteiger partial charge is 0.312 e. The van der Waals surface area contributed by atoms with Gasteiger partial charge in [-0.3, -0.25) is 4.79 Å². The van der Waals surface area contributed by atoms with Crippen molar-refractivity contribution in [2.75, 3.05) is 0 Å². The summed E-state index contributed by atoms with van der Waals surface area (Å²) in [6.45, 7) is 4.06. The molecule has 2 fully saturated rings. The molecule has 1 saturated carbocycles. The van der Waals surface area contributed by atoms with Crippen LogP contribution in [0.3, 0.4) is 0 Å². The number of hydrogen-bond acceptors (Lipinski definition) is 2. The zero-order chi connectivity index (χ0) is 8.77. The van der Waals surface area contributed by atoms with Crippen molar-refractivity contribution in [2.24, 2.45) is 11.3 Å². The molecule has 0 aromatic rings. The predicted molar refractivity (Wildman–Crippen MR) is 45.6 cm³/mol. The number of esters is 1. The molecule has 3 unspecified atom stereocenters. The third kappa shape index (κ3) is 0.970. The minimum absolute atomic E-state index is 0.0451. The van der Waals surface area contributed by atoms with Crippen molar-refractivity contribution in [3.63, 3.8) is 0 Å². The molecule has 0 amide bonds. The summed E-state index contributed by atoms with van der Waals surface area (Å²) in [7, 11) is 0. The average Bonchev–Trinajstić information content (AvgIpc) is 2.33. The van der Waals surface area contributed by atoms with Gasteiger partial charge >= 0.3 is 5.97 Å². The topological polar surface area (TPSA) is 26.3 Å². The van der Waals surface area contributed by atoms with Crippen LogP contribution in [0.5, 0.6) is 0 Å². The Balaban J connectivity index is 2.23. The Bertz CT molecular complexity index is 212. The van der Waals surface area contributed by atoms with Crippen LogP contribution in [0, 0.1) is 11.3 Å². The molecule has 1 aliphatic heterocycles. The predicted octanol–water partition coefficient (Wildman–Crippen LogP) is 2.13. The molecule has 2 aliphatic rings. The maximum Gasteiger partial charge on any atom is 0.312 e. The summed E-state index contributed by atoms with van der Waals surface area (Å²) in [4.78, 5) is 11.6. The van der Waals surface area contributed by atoms with Gasteiger partial charge in [0.15, 0.2) is 0 Å². The van der Waals surface area contributed by atoms with Crippen molar-refractivity contribution in [2.45, 2.75) is 45.6 Å². The van der Waals surface area contributed by atoms with E-state index in [4.69, 9.17) is 4.74 Å². The average molecular weight is 168 g/mol. The van der Waals surface area contributed by atoms with Crippen molar-refractivity contribution >= 4 is 5.97 Å². The monoisotopic (exact) mass is 168 g/mol. The molecule has 2 nitrogen and oxygen atoms in total. The van der Waals surface area contributed by atoms with E-state index in [2.05, 4.69) is 6.92 Å². The number of fused-ring (bicyclic) bond motifs is 1. The second kappa shape index (κ2) is 2.48. The summed E-state index contributed by atoms with van der Waals surface area (Å²) in [6.07, 6.45) is 4.67. The lowest BCUT2D eigenvalue weighted by atomic mass is 9.75. The second-order valence-electron chi connectivity index (χ2n) is 4.46. The van der Waals surface area contributed by atoms with E-state index in [1.54, 1.807) is 0 Å². The second-order valence-corrected chi connectivity index (χ2v) is 4.46. The van der Waals surface area contributed by atoms with Gasteiger partial charge in [-0.2, -0.15) is 0 Å². The molecule has 2 rings (SSSR count).